The van der Waals surface area contributed by atoms with E-state index in [1.54, 1.807) is 19.2 Å². The van der Waals surface area contributed by atoms with Gasteiger partial charge in [0.05, 0.1) is 20.3 Å². The van der Waals surface area contributed by atoms with E-state index in [1.165, 1.54) is 5.56 Å². The summed E-state index contributed by atoms with van der Waals surface area (Å²) in [7, 11) is 1.65. The van der Waals surface area contributed by atoms with E-state index in [0.717, 1.165) is 49.0 Å². The first-order valence-electron chi connectivity index (χ1n) is 10.3. The Bertz CT molecular complexity index is 835. The molecule has 7 heteroatoms. The van der Waals surface area contributed by atoms with Gasteiger partial charge < -0.3 is 25.8 Å². The van der Waals surface area contributed by atoms with Crippen LogP contribution in [0.25, 0.3) is 0 Å². The first kappa shape index (κ1) is 23.1. The molecule has 0 atom stereocenters. The minimum Gasteiger partial charge on any atom is -0.493 e. The largest absolute Gasteiger partial charge is 0.493 e. The summed E-state index contributed by atoms with van der Waals surface area (Å²) in [6.45, 7) is 6.69. The fourth-order valence-electron chi connectivity index (χ4n) is 2.93. The molecule has 0 bridgehead atoms. The summed E-state index contributed by atoms with van der Waals surface area (Å²) >= 11 is 0. The second-order valence-corrected chi connectivity index (χ2v) is 6.70. The number of primary amides is 1. The van der Waals surface area contributed by atoms with E-state index in [1.807, 2.05) is 38.1 Å². The van der Waals surface area contributed by atoms with Crippen molar-refractivity contribution < 1.29 is 14.3 Å². The zero-order chi connectivity index (χ0) is 21.8. The standard InChI is InChI=1S/C23H32N4O3/c1-4-25-23(27-16-18-8-11-19(12-9-18)22(24)28)26-14-6-7-17-10-13-20(29-3)21(15-17)30-5-2/h8-13,15H,4-7,14,16H2,1-3H3,(H2,24,28)(H2,25,26,27). The number of amides is 1. The van der Waals surface area contributed by atoms with Crippen LogP contribution in [0, 0.1) is 0 Å². The molecule has 0 unspecified atom stereocenters. The average Bonchev–Trinajstić information content (AvgIpc) is 2.75. The summed E-state index contributed by atoms with van der Waals surface area (Å²) in [4.78, 5) is 15.8. The summed E-state index contributed by atoms with van der Waals surface area (Å²) in [5.74, 6) is 1.87. The van der Waals surface area contributed by atoms with Crippen LogP contribution in [0.1, 0.15) is 41.8 Å². The van der Waals surface area contributed by atoms with Crippen LogP contribution < -0.4 is 25.8 Å². The Hall–Kier alpha value is -3.22. The Balaban J connectivity index is 1.86. The molecule has 0 fully saturated rings. The molecule has 0 saturated heterocycles. The lowest BCUT2D eigenvalue weighted by Gasteiger charge is -2.13. The highest BCUT2D eigenvalue weighted by Crippen LogP contribution is 2.28. The molecule has 30 heavy (non-hydrogen) atoms. The van der Waals surface area contributed by atoms with Gasteiger partial charge in [-0.2, -0.15) is 0 Å². The van der Waals surface area contributed by atoms with Crippen molar-refractivity contribution in [2.75, 3.05) is 26.8 Å². The molecule has 0 saturated carbocycles. The molecule has 7 nitrogen and oxygen atoms in total. The maximum atomic E-state index is 11.2. The summed E-state index contributed by atoms with van der Waals surface area (Å²) in [5.41, 5.74) is 7.99. The number of hydrogen-bond donors (Lipinski definition) is 3. The summed E-state index contributed by atoms with van der Waals surface area (Å²) in [5, 5.41) is 6.61. The van der Waals surface area contributed by atoms with Gasteiger partial charge in [0.25, 0.3) is 0 Å². The van der Waals surface area contributed by atoms with Crippen LogP contribution in [0.3, 0.4) is 0 Å². The minimum absolute atomic E-state index is 0.426. The Morgan fingerprint density at radius 3 is 2.40 bits per heavy atom. The maximum Gasteiger partial charge on any atom is 0.248 e. The highest BCUT2D eigenvalue weighted by atomic mass is 16.5. The van der Waals surface area contributed by atoms with E-state index in [4.69, 9.17) is 15.2 Å². The van der Waals surface area contributed by atoms with E-state index in [-0.39, 0.29) is 0 Å². The van der Waals surface area contributed by atoms with Gasteiger partial charge in [-0.3, -0.25) is 4.79 Å². The van der Waals surface area contributed by atoms with E-state index in [0.29, 0.717) is 18.7 Å². The fraction of sp³-hybridized carbons (Fsp3) is 0.391. The molecule has 2 aromatic rings. The molecule has 0 aliphatic heterocycles. The van der Waals surface area contributed by atoms with Crippen LogP contribution in [0.15, 0.2) is 47.5 Å². The zero-order valence-electron chi connectivity index (χ0n) is 18.0. The molecule has 1 amide bonds. The summed E-state index contributed by atoms with van der Waals surface area (Å²) in [6, 6.07) is 13.2. The SMILES string of the molecule is CCNC(=NCc1ccc(C(N)=O)cc1)NCCCc1ccc(OC)c(OCC)c1. The third kappa shape index (κ3) is 7.31. The van der Waals surface area contributed by atoms with Gasteiger partial charge in [0.1, 0.15) is 0 Å². The maximum absolute atomic E-state index is 11.2. The second kappa shape index (κ2) is 12.4. The van der Waals surface area contributed by atoms with E-state index < -0.39 is 5.91 Å². The van der Waals surface area contributed by atoms with Crippen LogP contribution in [-0.2, 0) is 13.0 Å². The van der Waals surface area contributed by atoms with Crippen molar-refractivity contribution in [3.8, 4) is 11.5 Å². The lowest BCUT2D eigenvalue weighted by Crippen LogP contribution is -2.37. The Morgan fingerprint density at radius 2 is 1.77 bits per heavy atom. The van der Waals surface area contributed by atoms with Crippen LogP contribution >= 0.6 is 0 Å². The lowest BCUT2D eigenvalue weighted by atomic mass is 10.1. The second-order valence-electron chi connectivity index (χ2n) is 6.70. The lowest BCUT2D eigenvalue weighted by molar-refractivity contribution is 0.100. The molecule has 0 aliphatic rings. The van der Waals surface area contributed by atoms with Crippen molar-refractivity contribution in [3.63, 3.8) is 0 Å². The first-order valence-corrected chi connectivity index (χ1v) is 10.3. The van der Waals surface area contributed by atoms with Gasteiger partial charge in [0, 0.05) is 18.7 Å². The average molecular weight is 413 g/mol. The van der Waals surface area contributed by atoms with Crippen molar-refractivity contribution in [1.29, 1.82) is 0 Å². The number of nitrogens with zero attached hydrogens (tertiary/aromatic N) is 1. The third-order valence-corrected chi connectivity index (χ3v) is 4.46. The van der Waals surface area contributed by atoms with Gasteiger partial charge in [0.15, 0.2) is 17.5 Å². The molecule has 0 aliphatic carbocycles. The molecule has 0 spiro atoms. The van der Waals surface area contributed by atoms with Crippen molar-refractivity contribution >= 4 is 11.9 Å². The van der Waals surface area contributed by atoms with Crippen LogP contribution in [0.5, 0.6) is 11.5 Å². The topological polar surface area (TPSA) is 98.0 Å². The summed E-state index contributed by atoms with van der Waals surface area (Å²) < 4.78 is 11.0. The van der Waals surface area contributed by atoms with Gasteiger partial charge in [-0.1, -0.05) is 18.2 Å². The molecule has 162 valence electrons. The molecule has 4 N–H and O–H groups in total. The predicted molar refractivity (Wildman–Crippen MR) is 120 cm³/mol. The van der Waals surface area contributed by atoms with Crippen molar-refractivity contribution in [2.45, 2.75) is 33.2 Å². The van der Waals surface area contributed by atoms with Crippen molar-refractivity contribution in [2.24, 2.45) is 10.7 Å². The Morgan fingerprint density at radius 1 is 1.03 bits per heavy atom. The molecular formula is C23H32N4O3. The molecule has 0 radical (unpaired) electrons. The molecular weight excluding hydrogens is 380 g/mol. The van der Waals surface area contributed by atoms with Gasteiger partial charge in [-0.15, -0.1) is 0 Å². The fourth-order valence-corrected chi connectivity index (χ4v) is 2.93. The van der Waals surface area contributed by atoms with Gasteiger partial charge in [-0.05, 0) is 62.1 Å². The number of aryl methyl sites for hydroxylation is 1. The third-order valence-electron chi connectivity index (χ3n) is 4.46. The van der Waals surface area contributed by atoms with Gasteiger partial charge in [0.2, 0.25) is 5.91 Å². The molecule has 0 heterocycles. The smallest absolute Gasteiger partial charge is 0.248 e. The number of carbonyl (C=O) groups is 1. The molecule has 2 rings (SSSR count). The number of rotatable bonds is 11. The van der Waals surface area contributed by atoms with Crippen molar-refractivity contribution in [1.82, 2.24) is 10.6 Å². The molecule has 0 aromatic heterocycles. The first-order chi connectivity index (χ1) is 14.6. The minimum atomic E-state index is -0.426. The Kier molecular flexibility index (Phi) is 9.51. The van der Waals surface area contributed by atoms with E-state index in [2.05, 4.69) is 21.7 Å². The van der Waals surface area contributed by atoms with Crippen molar-refractivity contribution in [3.05, 3.63) is 59.2 Å². The number of benzene rings is 2. The molecule has 2 aromatic carbocycles. The highest BCUT2D eigenvalue weighted by molar-refractivity contribution is 5.92. The highest BCUT2D eigenvalue weighted by Gasteiger charge is 2.06. The Labute approximate surface area is 178 Å². The number of hydrogen-bond acceptors (Lipinski definition) is 4. The van der Waals surface area contributed by atoms with Gasteiger partial charge in [-0.25, -0.2) is 4.99 Å². The number of aliphatic imine (C=N–C) groups is 1. The number of methoxy groups -OCH3 is 1. The summed E-state index contributed by atoms with van der Waals surface area (Å²) in [6.07, 6.45) is 1.88. The van der Waals surface area contributed by atoms with E-state index >= 15 is 0 Å². The van der Waals surface area contributed by atoms with Gasteiger partial charge >= 0.3 is 0 Å². The van der Waals surface area contributed by atoms with Crippen LogP contribution in [0.4, 0.5) is 0 Å². The number of nitrogens with two attached hydrogens (primary N) is 1. The number of ether oxygens (including phenoxy) is 2. The number of guanidine groups is 1. The van der Waals surface area contributed by atoms with Crippen LogP contribution in [-0.4, -0.2) is 38.7 Å². The quantitative estimate of drug-likeness (QED) is 0.299. The number of nitrogens with one attached hydrogen (secondary N) is 2. The predicted octanol–water partition coefficient (Wildman–Crippen LogP) is 2.88. The number of carbonyl (C=O) groups excluding carboxylic acids is 1. The zero-order valence-corrected chi connectivity index (χ0v) is 18.0. The van der Waals surface area contributed by atoms with E-state index in [9.17, 15) is 4.79 Å². The monoisotopic (exact) mass is 412 g/mol. The normalized spacial score (nSPS) is 11.1. The van der Waals surface area contributed by atoms with Crippen LogP contribution in [0.2, 0.25) is 0 Å².